The summed E-state index contributed by atoms with van der Waals surface area (Å²) in [4.78, 5) is 4.17. The molecule has 0 aliphatic carbocycles. The lowest BCUT2D eigenvalue weighted by molar-refractivity contribution is 0.543. The van der Waals surface area contributed by atoms with E-state index in [-0.39, 0.29) is 0 Å². The molecule has 0 saturated heterocycles. The normalized spacial score (nSPS) is 14.1. The molecular formula is C12H24N2Si. The molecule has 0 spiro atoms. The van der Waals surface area contributed by atoms with Gasteiger partial charge in [-0.3, -0.25) is 0 Å². The highest BCUT2D eigenvalue weighted by molar-refractivity contribution is 6.76. The smallest absolute Gasteiger partial charge is 0.0945 e. The van der Waals surface area contributed by atoms with E-state index < -0.39 is 8.07 Å². The lowest BCUT2D eigenvalue weighted by atomic mass is 10.2. The van der Waals surface area contributed by atoms with E-state index in [1.165, 1.54) is 25.7 Å². The molecule has 1 rings (SSSR count). The third-order valence-corrected chi connectivity index (χ3v) is 5.55. The summed E-state index contributed by atoms with van der Waals surface area (Å²) in [6.45, 7) is 9.61. The van der Waals surface area contributed by atoms with Crippen molar-refractivity contribution in [3.05, 3.63) is 18.7 Å². The Bertz CT molecular complexity index is 262. The van der Waals surface area contributed by atoms with E-state index in [1.807, 2.05) is 12.5 Å². The average Bonchev–Trinajstić information content (AvgIpc) is 2.63. The Kier molecular flexibility index (Phi) is 4.58. The minimum atomic E-state index is -1.12. The van der Waals surface area contributed by atoms with Crippen molar-refractivity contribution in [3.8, 4) is 0 Å². The molecule has 0 fully saturated rings. The molecule has 0 radical (unpaired) electrons. The Balaban J connectivity index is 2.63. The first kappa shape index (κ1) is 12.5. The summed E-state index contributed by atoms with van der Waals surface area (Å²) in [7, 11) is -1.12. The lowest BCUT2D eigenvalue weighted by Gasteiger charge is -2.30. The highest BCUT2D eigenvalue weighted by atomic mass is 28.3. The average molecular weight is 224 g/mol. The van der Waals surface area contributed by atoms with Gasteiger partial charge in [-0.25, -0.2) is 4.98 Å². The number of unbranched alkanes of at least 4 members (excludes halogenated alkanes) is 2. The van der Waals surface area contributed by atoms with Crippen LogP contribution in [-0.4, -0.2) is 17.6 Å². The zero-order valence-electron chi connectivity index (χ0n) is 10.5. The summed E-state index contributed by atoms with van der Waals surface area (Å²) >= 11 is 0. The summed E-state index contributed by atoms with van der Waals surface area (Å²) in [5, 5.41) is 0. The van der Waals surface area contributed by atoms with Crippen LogP contribution in [0.5, 0.6) is 0 Å². The second-order valence-electron chi connectivity index (χ2n) is 5.39. The minimum Gasteiger partial charge on any atom is -0.337 e. The van der Waals surface area contributed by atoms with Gasteiger partial charge in [-0.15, -0.1) is 0 Å². The molecule has 1 heterocycles. The van der Waals surface area contributed by atoms with Crippen molar-refractivity contribution >= 4 is 8.07 Å². The monoisotopic (exact) mass is 224 g/mol. The van der Waals surface area contributed by atoms with E-state index in [2.05, 4.69) is 42.3 Å². The summed E-state index contributed by atoms with van der Waals surface area (Å²) in [6, 6.07) is 0. The molecule has 0 saturated carbocycles. The van der Waals surface area contributed by atoms with E-state index >= 15 is 0 Å². The fourth-order valence-corrected chi connectivity index (χ4v) is 4.19. The van der Waals surface area contributed by atoms with Crippen molar-refractivity contribution < 1.29 is 0 Å². The third kappa shape index (κ3) is 3.82. The molecule has 2 nitrogen and oxygen atoms in total. The first-order valence-electron chi connectivity index (χ1n) is 6.03. The molecule has 0 aliphatic heterocycles. The number of nitrogens with zero attached hydrogens (tertiary/aromatic N) is 2. The van der Waals surface area contributed by atoms with Crippen LogP contribution in [0.25, 0.3) is 0 Å². The largest absolute Gasteiger partial charge is 0.337 e. The van der Waals surface area contributed by atoms with Crippen LogP contribution in [-0.2, 0) is 0 Å². The zero-order chi connectivity index (χ0) is 11.3. The van der Waals surface area contributed by atoms with Gasteiger partial charge in [0.05, 0.1) is 14.4 Å². The molecule has 86 valence electrons. The van der Waals surface area contributed by atoms with Crippen molar-refractivity contribution in [2.24, 2.45) is 0 Å². The number of hydrogen-bond acceptors (Lipinski definition) is 1. The molecular weight excluding hydrogens is 200 g/mol. The maximum atomic E-state index is 4.17. The first-order valence-corrected chi connectivity index (χ1v) is 9.61. The van der Waals surface area contributed by atoms with E-state index in [0.717, 1.165) is 0 Å². The Morgan fingerprint density at radius 3 is 2.47 bits per heavy atom. The fourth-order valence-electron chi connectivity index (χ4n) is 2.07. The van der Waals surface area contributed by atoms with Gasteiger partial charge in [0.15, 0.2) is 0 Å². The zero-order valence-corrected chi connectivity index (χ0v) is 11.5. The molecule has 0 aliphatic rings. The molecule has 15 heavy (non-hydrogen) atoms. The summed E-state index contributed by atoms with van der Waals surface area (Å²) < 4.78 is 2.32. The van der Waals surface area contributed by atoms with Gasteiger partial charge < -0.3 is 4.57 Å². The SMILES string of the molecule is CCCCCC(n1ccnc1)[Si](C)(C)C. The van der Waals surface area contributed by atoms with Crippen molar-refractivity contribution in [1.82, 2.24) is 9.55 Å². The summed E-state index contributed by atoms with van der Waals surface area (Å²) in [5.41, 5.74) is 0.714. The van der Waals surface area contributed by atoms with Crippen molar-refractivity contribution in [1.29, 1.82) is 0 Å². The minimum absolute atomic E-state index is 0.714. The number of imidazole rings is 1. The second-order valence-corrected chi connectivity index (χ2v) is 10.8. The van der Waals surface area contributed by atoms with Crippen molar-refractivity contribution in [3.63, 3.8) is 0 Å². The predicted octanol–water partition coefficient (Wildman–Crippen LogP) is 3.88. The molecule has 0 amide bonds. The third-order valence-electron chi connectivity index (χ3n) is 2.97. The molecule has 1 atom stereocenters. The quantitative estimate of drug-likeness (QED) is 0.529. The van der Waals surface area contributed by atoms with E-state index in [0.29, 0.717) is 5.67 Å². The second kappa shape index (κ2) is 5.49. The van der Waals surface area contributed by atoms with Gasteiger partial charge in [0.2, 0.25) is 0 Å². The van der Waals surface area contributed by atoms with Crippen molar-refractivity contribution in [2.45, 2.75) is 57.9 Å². The summed E-state index contributed by atoms with van der Waals surface area (Å²) in [6.07, 6.45) is 11.3. The van der Waals surface area contributed by atoms with E-state index in [4.69, 9.17) is 0 Å². The molecule has 3 heteroatoms. The Morgan fingerprint density at radius 2 is 2.00 bits per heavy atom. The highest BCUT2D eigenvalue weighted by Gasteiger charge is 2.27. The maximum absolute atomic E-state index is 4.17. The van der Waals surface area contributed by atoms with Crippen LogP contribution in [0, 0.1) is 0 Å². The van der Waals surface area contributed by atoms with Crippen molar-refractivity contribution in [2.75, 3.05) is 0 Å². The molecule has 1 aromatic heterocycles. The number of hydrogen-bond donors (Lipinski definition) is 0. The Morgan fingerprint density at radius 1 is 1.27 bits per heavy atom. The maximum Gasteiger partial charge on any atom is 0.0945 e. The molecule has 0 bridgehead atoms. The van der Waals surface area contributed by atoms with Gasteiger partial charge in [-0.05, 0) is 6.42 Å². The van der Waals surface area contributed by atoms with Crippen LogP contribution in [0.1, 0.15) is 38.3 Å². The molecule has 1 aromatic rings. The lowest BCUT2D eigenvalue weighted by Crippen LogP contribution is -2.34. The van der Waals surface area contributed by atoms with Crippen LogP contribution in [0.4, 0.5) is 0 Å². The Labute approximate surface area is 94.7 Å². The van der Waals surface area contributed by atoms with Gasteiger partial charge in [-0.2, -0.15) is 0 Å². The van der Waals surface area contributed by atoms with Crippen LogP contribution >= 0.6 is 0 Å². The number of aromatic nitrogens is 2. The number of rotatable bonds is 6. The van der Waals surface area contributed by atoms with Crippen LogP contribution in [0.3, 0.4) is 0 Å². The van der Waals surface area contributed by atoms with Gasteiger partial charge in [0.25, 0.3) is 0 Å². The van der Waals surface area contributed by atoms with Gasteiger partial charge in [0, 0.05) is 18.1 Å². The summed E-state index contributed by atoms with van der Waals surface area (Å²) in [5.74, 6) is 0. The van der Waals surface area contributed by atoms with Crippen LogP contribution in [0.2, 0.25) is 19.6 Å². The first-order chi connectivity index (χ1) is 7.05. The fraction of sp³-hybridized carbons (Fsp3) is 0.750. The van der Waals surface area contributed by atoms with Crippen LogP contribution in [0.15, 0.2) is 18.7 Å². The topological polar surface area (TPSA) is 17.8 Å². The van der Waals surface area contributed by atoms with E-state index in [9.17, 15) is 0 Å². The van der Waals surface area contributed by atoms with Crippen LogP contribution < -0.4 is 0 Å². The molecule has 0 N–H and O–H groups in total. The van der Waals surface area contributed by atoms with Gasteiger partial charge in [0.1, 0.15) is 0 Å². The van der Waals surface area contributed by atoms with Gasteiger partial charge in [-0.1, -0.05) is 45.8 Å². The highest BCUT2D eigenvalue weighted by Crippen LogP contribution is 2.26. The predicted molar refractivity (Wildman–Crippen MR) is 68.8 cm³/mol. The standard InChI is InChI=1S/C12H24N2Si/c1-5-6-7-8-12(15(2,3)4)14-10-9-13-11-14/h9-12H,5-8H2,1-4H3. The van der Waals surface area contributed by atoms with E-state index in [1.54, 1.807) is 0 Å². The van der Waals surface area contributed by atoms with Gasteiger partial charge >= 0.3 is 0 Å². The molecule has 0 aromatic carbocycles. The Hall–Kier alpha value is -0.573. The molecule has 1 unspecified atom stereocenters.